The van der Waals surface area contributed by atoms with Crippen molar-refractivity contribution in [3.05, 3.63) is 29.3 Å². The van der Waals surface area contributed by atoms with Crippen LogP contribution < -0.4 is 4.72 Å². The van der Waals surface area contributed by atoms with Crippen LogP contribution in [0.3, 0.4) is 0 Å². The molecule has 0 bridgehead atoms. The van der Waals surface area contributed by atoms with Gasteiger partial charge in [-0.2, -0.15) is 0 Å². The van der Waals surface area contributed by atoms with Crippen molar-refractivity contribution in [1.29, 1.82) is 0 Å². The van der Waals surface area contributed by atoms with Gasteiger partial charge < -0.3 is 5.11 Å². The summed E-state index contributed by atoms with van der Waals surface area (Å²) in [5, 5.41) is 9.13. The highest BCUT2D eigenvalue weighted by Gasteiger charge is 2.28. The van der Waals surface area contributed by atoms with Crippen LogP contribution in [0.25, 0.3) is 0 Å². The molecule has 0 saturated carbocycles. The summed E-state index contributed by atoms with van der Waals surface area (Å²) in [5.41, 5.74) is 0.834. The maximum Gasteiger partial charge on any atom is 0.241 e. The van der Waals surface area contributed by atoms with Crippen molar-refractivity contribution >= 4 is 10.0 Å². The Morgan fingerprint density at radius 2 is 1.84 bits per heavy atom. The van der Waals surface area contributed by atoms with E-state index in [1.54, 1.807) is 19.1 Å². The number of hydrogen-bond donors (Lipinski definition) is 2. The van der Waals surface area contributed by atoms with Crippen LogP contribution in [-0.4, -0.2) is 19.1 Å². The van der Waals surface area contributed by atoms with Gasteiger partial charge in [-0.15, -0.1) is 0 Å². The van der Waals surface area contributed by atoms with E-state index in [4.69, 9.17) is 5.11 Å². The second-order valence-electron chi connectivity index (χ2n) is 5.13. The van der Waals surface area contributed by atoms with Gasteiger partial charge >= 0.3 is 0 Å². The highest BCUT2D eigenvalue weighted by Crippen LogP contribution is 2.22. The summed E-state index contributed by atoms with van der Waals surface area (Å²) >= 11 is 0. The van der Waals surface area contributed by atoms with Crippen molar-refractivity contribution in [2.24, 2.45) is 0 Å². The van der Waals surface area contributed by atoms with Gasteiger partial charge in [-0.25, -0.2) is 13.1 Å². The summed E-state index contributed by atoms with van der Waals surface area (Å²) in [4.78, 5) is 0.243. The second-order valence-corrected chi connectivity index (χ2v) is 6.78. The summed E-state index contributed by atoms with van der Waals surface area (Å²) in [5.74, 6) is 0. The topological polar surface area (TPSA) is 66.4 Å². The van der Waals surface area contributed by atoms with Crippen LogP contribution >= 0.6 is 0 Å². The van der Waals surface area contributed by atoms with Gasteiger partial charge in [-0.1, -0.05) is 26.0 Å². The molecular formula is C14H23NO3S. The minimum Gasteiger partial charge on any atom is -0.392 e. The molecule has 0 unspecified atom stereocenters. The SMILES string of the molecule is CCC(C)(CC)NS(=O)(=O)c1cc(CO)ccc1C. The fourth-order valence-electron chi connectivity index (χ4n) is 1.81. The number of aliphatic hydroxyl groups is 1. The molecule has 4 nitrogen and oxygen atoms in total. The Hall–Kier alpha value is -0.910. The first-order valence-corrected chi connectivity index (χ1v) is 8.00. The van der Waals surface area contributed by atoms with Gasteiger partial charge in [0.1, 0.15) is 0 Å². The maximum absolute atomic E-state index is 12.5. The lowest BCUT2D eigenvalue weighted by Crippen LogP contribution is -2.45. The molecule has 1 aromatic carbocycles. The van der Waals surface area contributed by atoms with Crippen LogP contribution in [0, 0.1) is 6.92 Å². The average Bonchev–Trinajstić information content (AvgIpc) is 2.38. The molecule has 1 aromatic rings. The number of sulfonamides is 1. The monoisotopic (exact) mass is 285 g/mol. The van der Waals surface area contributed by atoms with Gasteiger partial charge in [0, 0.05) is 5.54 Å². The molecule has 0 fully saturated rings. The molecule has 19 heavy (non-hydrogen) atoms. The quantitative estimate of drug-likeness (QED) is 0.843. The highest BCUT2D eigenvalue weighted by molar-refractivity contribution is 7.89. The zero-order valence-electron chi connectivity index (χ0n) is 12.0. The van der Waals surface area contributed by atoms with Crippen molar-refractivity contribution in [2.45, 2.75) is 57.6 Å². The van der Waals surface area contributed by atoms with Crippen LogP contribution in [-0.2, 0) is 16.6 Å². The zero-order chi connectivity index (χ0) is 14.7. The smallest absolute Gasteiger partial charge is 0.241 e. The number of aliphatic hydroxyl groups excluding tert-OH is 1. The minimum atomic E-state index is -3.57. The molecule has 2 N–H and O–H groups in total. The Morgan fingerprint density at radius 1 is 1.26 bits per heavy atom. The summed E-state index contributed by atoms with van der Waals surface area (Å²) in [6.45, 7) is 7.41. The molecule has 5 heteroatoms. The third kappa shape index (κ3) is 3.78. The minimum absolute atomic E-state index is 0.165. The average molecular weight is 285 g/mol. The molecule has 0 amide bonds. The Labute approximate surface area is 115 Å². The number of benzene rings is 1. The van der Waals surface area contributed by atoms with Crippen LogP contribution in [0.15, 0.2) is 23.1 Å². The highest BCUT2D eigenvalue weighted by atomic mass is 32.2. The van der Waals surface area contributed by atoms with Gasteiger partial charge in [-0.3, -0.25) is 0 Å². The Morgan fingerprint density at radius 3 is 2.32 bits per heavy atom. The van der Waals surface area contributed by atoms with Gasteiger partial charge in [0.15, 0.2) is 0 Å². The van der Waals surface area contributed by atoms with Gasteiger partial charge in [-0.05, 0) is 43.9 Å². The van der Waals surface area contributed by atoms with E-state index in [1.807, 2.05) is 20.8 Å². The summed E-state index contributed by atoms with van der Waals surface area (Å²) < 4.78 is 27.7. The number of nitrogens with one attached hydrogen (secondary N) is 1. The van der Waals surface area contributed by atoms with E-state index in [1.165, 1.54) is 6.07 Å². The van der Waals surface area contributed by atoms with Gasteiger partial charge in [0.2, 0.25) is 10.0 Å². The third-order valence-electron chi connectivity index (χ3n) is 3.67. The molecular weight excluding hydrogens is 262 g/mol. The lowest BCUT2D eigenvalue weighted by atomic mass is 9.98. The molecule has 0 aromatic heterocycles. The van der Waals surface area contributed by atoms with Gasteiger partial charge in [0.25, 0.3) is 0 Å². The number of rotatable bonds is 6. The third-order valence-corrected chi connectivity index (χ3v) is 5.45. The fourth-order valence-corrected chi connectivity index (χ4v) is 3.65. The van der Waals surface area contributed by atoms with Crippen molar-refractivity contribution in [2.75, 3.05) is 0 Å². The lowest BCUT2D eigenvalue weighted by Gasteiger charge is -2.28. The van der Waals surface area contributed by atoms with E-state index >= 15 is 0 Å². The fraction of sp³-hybridized carbons (Fsp3) is 0.571. The van der Waals surface area contributed by atoms with E-state index in [0.29, 0.717) is 11.1 Å². The molecule has 0 radical (unpaired) electrons. The maximum atomic E-state index is 12.5. The molecule has 0 spiro atoms. The molecule has 0 aliphatic carbocycles. The Bertz CT molecular complexity index is 534. The van der Waals surface area contributed by atoms with Crippen LogP contribution in [0.4, 0.5) is 0 Å². The molecule has 1 rings (SSSR count). The van der Waals surface area contributed by atoms with Crippen LogP contribution in [0.2, 0.25) is 0 Å². The van der Waals surface area contributed by atoms with Gasteiger partial charge in [0.05, 0.1) is 11.5 Å². The van der Waals surface area contributed by atoms with Crippen LogP contribution in [0.5, 0.6) is 0 Å². The predicted octanol–water partition coefficient (Wildman–Crippen LogP) is 2.34. The summed E-state index contributed by atoms with van der Waals surface area (Å²) in [6, 6.07) is 4.98. The number of hydrogen-bond acceptors (Lipinski definition) is 3. The largest absolute Gasteiger partial charge is 0.392 e. The molecule has 0 heterocycles. The van der Waals surface area contributed by atoms with E-state index in [0.717, 1.165) is 12.8 Å². The van der Waals surface area contributed by atoms with Crippen molar-refractivity contribution in [3.63, 3.8) is 0 Å². The zero-order valence-corrected chi connectivity index (χ0v) is 12.8. The standard InChI is InChI=1S/C14H23NO3S/c1-5-14(4,6-2)15-19(17,18)13-9-12(10-16)8-7-11(13)3/h7-9,15-16H,5-6,10H2,1-4H3. The first kappa shape index (κ1) is 16.1. The Kier molecular flexibility index (Phi) is 5.12. The predicted molar refractivity (Wildman–Crippen MR) is 76.4 cm³/mol. The summed E-state index contributed by atoms with van der Waals surface area (Å²) in [7, 11) is -3.57. The van der Waals surface area contributed by atoms with Crippen molar-refractivity contribution in [3.8, 4) is 0 Å². The van der Waals surface area contributed by atoms with E-state index in [-0.39, 0.29) is 11.5 Å². The van der Waals surface area contributed by atoms with Crippen molar-refractivity contribution < 1.29 is 13.5 Å². The summed E-state index contributed by atoms with van der Waals surface area (Å²) in [6.07, 6.45) is 1.45. The number of aryl methyl sites for hydroxylation is 1. The van der Waals surface area contributed by atoms with E-state index in [2.05, 4.69) is 4.72 Å². The van der Waals surface area contributed by atoms with Crippen molar-refractivity contribution in [1.82, 2.24) is 4.72 Å². The second kappa shape index (κ2) is 6.03. The lowest BCUT2D eigenvalue weighted by molar-refractivity contribution is 0.281. The van der Waals surface area contributed by atoms with E-state index < -0.39 is 15.6 Å². The first-order valence-electron chi connectivity index (χ1n) is 6.52. The molecule has 0 aliphatic heterocycles. The molecule has 0 atom stereocenters. The Balaban J connectivity index is 3.20. The molecule has 0 aliphatic rings. The molecule has 0 saturated heterocycles. The van der Waals surface area contributed by atoms with Crippen LogP contribution in [0.1, 0.15) is 44.7 Å². The van der Waals surface area contributed by atoms with E-state index in [9.17, 15) is 8.42 Å². The normalized spacial score (nSPS) is 12.7. The first-order chi connectivity index (χ1) is 8.78. The molecule has 108 valence electrons.